The molecule has 2 atom stereocenters. The molecule has 2 aromatic rings. The molecule has 1 heterocycles. The van der Waals surface area contributed by atoms with Crippen LogP contribution in [0.1, 0.15) is 37.1 Å². The predicted octanol–water partition coefficient (Wildman–Crippen LogP) is 3.06. The second-order valence-electron chi connectivity index (χ2n) is 4.62. The number of amides is 1. The molecule has 0 fully saturated rings. The summed E-state index contributed by atoms with van der Waals surface area (Å²) in [6.07, 6.45) is 1.73. The number of aromatic nitrogens is 1. The standard InChI is InChI=1S/C16H18N2O/c1-12(14-8-4-3-5-9-14)16(19)18-13(2)15-10-6-7-11-17-15/h3-13H,1-2H3,(H,18,19)/t12-,13+/m1/s1. The van der Waals surface area contributed by atoms with E-state index in [1.807, 2.05) is 62.4 Å². The highest BCUT2D eigenvalue weighted by molar-refractivity contribution is 5.83. The van der Waals surface area contributed by atoms with E-state index >= 15 is 0 Å². The normalized spacial score (nSPS) is 13.6. The van der Waals surface area contributed by atoms with Gasteiger partial charge in [-0.25, -0.2) is 0 Å². The van der Waals surface area contributed by atoms with Gasteiger partial charge in [-0.15, -0.1) is 0 Å². The number of benzene rings is 1. The van der Waals surface area contributed by atoms with Gasteiger partial charge in [0.05, 0.1) is 17.7 Å². The van der Waals surface area contributed by atoms with Gasteiger partial charge in [0.2, 0.25) is 5.91 Å². The van der Waals surface area contributed by atoms with Crippen LogP contribution in [0.5, 0.6) is 0 Å². The van der Waals surface area contributed by atoms with Gasteiger partial charge in [0.25, 0.3) is 0 Å². The number of hydrogen-bond acceptors (Lipinski definition) is 2. The van der Waals surface area contributed by atoms with Gasteiger partial charge in [-0.1, -0.05) is 36.4 Å². The lowest BCUT2D eigenvalue weighted by molar-refractivity contribution is -0.122. The summed E-state index contributed by atoms with van der Waals surface area (Å²) in [4.78, 5) is 16.4. The molecule has 1 amide bonds. The first kappa shape index (κ1) is 13.3. The first-order valence-electron chi connectivity index (χ1n) is 6.44. The lowest BCUT2D eigenvalue weighted by Gasteiger charge is -2.17. The smallest absolute Gasteiger partial charge is 0.227 e. The molecule has 0 saturated carbocycles. The van der Waals surface area contributed by atoms with E-state index in [1.165, 1.54) is 0 Å². The zero-order valence-corrected chi connectivity index (χ0v) is 11.2. The van der Waals surface area contributed by atoms with E-state index < -0.39 is 0 Å². The molecule has 1 aromatic heterocycles. The van der Waals surface area contributed by atoms with Crippen LogP contribution in [0.3, 0.4) is 0 Å². The number of carbonyl (C=O) groups is 1. The molecule has 0 unspecified atom stereocenters. The summed E-state index contributed by atoms with van der Waals surface area (Å²) in [5.74, 6) is -0.142. The zero-order valence-electron chi connectivity index (χ0n) is 11.2. The van der Waals surface area contributed by atoms with Gasteiger partial charge < -0.3 is 5.32 Å². The third kappa shape index (κ3) is 3.41. The monoisotopic (exact) mass is 254 g/mol. The SMILES string of the molecule is C[C@H](NC(=O)[C@H](C)c1ccccc1)c1ccccn1. The Labute approximate surface area is 113 Å². The highest BCUT2D eigenvalue weighted by Gasteiger charge is 2.17. The highest BCUT2D eigenvalue weighted by atomic mass is 16.1. The largest absolute Gasteiger partial charge is 0.347 e. The van der Waals surface area contributed by atoms with Crippen LogP contribution in [0.4, 0.5) is 0 Å². The van der Waals surface area contributed by atoms with Crippen LogP contribution in [0.15, 0.2) is 54.7 Å². The van der Waals surface area contributed by atoms with Crippen LogP contribution in [-0.2, 0) is 4.79 Å². The summed E-state index contributed by atoms with van der Waals surface area (Å²) in [7, 11) is 0. The molecular weight excluding hydrogens is 236 g/mol. The maximum Gasteiger partial charge on any atom is 0.227 e. The van der Waals surface area contributed by atoms with Crippen molar-refractivity contribution < 1.29 is 4.79 Å². The van der Waals surface area contributed by atoms with Crippen molar-refractivity contribution in [2.24, 2.45) is 0 Å². The average molecular weight is 254 g/mol. The molecule has 0 radical (unpaired) electrons. The van der Waals surface area contributed by atoms with E-state index in [0.717, 1.165) is 11.3 Å². The Morgan fingerprint density at radius 3 is 2.37 bits per heavy atom. The van der Waals surface area contributed by atoms with Crippen molar-refractivity contribution in [3.63, 3.8) is 0 Å². The lowest BCUT2D eigenvalue weighted by atomic mass is 10.00. The van der Waals surface area contributed by atoms with Crippen LogP contribution in [0.2, 0.25) is 0 Å². The molecule has 2 rings (SSSR count). The van der Waals surface area contributed by atoms with E-state index in [1.54, 1.807) is 6.20 Å². The zero-order chi connectivity index (χ0) is 13.7. The van der Waals surface area contributed by atoms with E-state index in [2.05, 4.69) is 10.3 Å². The molecule has 3 nitrogen and oxygen atoms in total. The van der Waals surface area contributed by atoms with Gasteiger partial charge in [0, 0.05) is 6.20 Å². The molecule has 0 aliphatic carbocycles. The lowest BCUT2D eigenvalue weighted by Crippen LogP contribution is -2.30. The maximum absolute atomic E-state index is 12.2. The average Bonchev–Trinajstić information content (AvgIpc) is 2.48. The minimum atomic E-state index is -0.160. The number of pyridine rings is 1. The van der Waals surface area contributed by atoms with Gasteiger partial charge in [-0.3, -0.25) is 9.78 Å². The highest BCUT2D eigenvalue weighted by Crippen LogP contribution is 2.16. The van der Waals surface area contributed by atoms with Gasteiger partial charge in [0.15, 0.2) is 0 Å². The molecule has 0 aliphatic rings. The molecule has 1 N–H and O–H groups in total. The third-order valence-electron chi connectivity index (χ3n) is 3.18. The minimum Gasteiger partial charge on any atom is -0.347 e. The first-order valence-corrected chi connectivity index (χ1v) is 6.44. The molecular formula is C16H18N2O. The second kappa shape index (κ2) is 6.14. The third-order valence-corrected chi connectivity index (χ3v) is 3.18. The van der Waals surface area contributed by atoms with Gasteiger partial charge >= 0.3 is 0 Å². The summed E-state index contributed by atoms with van der Waals surface area (Å²) < 4.78 is 0. The molecule has 0 saturated heterocycles. The Morgan fingerprint density at radius 1 is 1.05 bits per heavy atom. The Hall–Kier alpha value is -2.16. The Morgan fingerprint density at radius 2 is 1.74 bits per heavy atom. The second-order valence-corrected chi connectivity index (χ2v) is 4.62. The van der Waals surface area contributed by atoms with Crippen molar-refractivity contribution in [3.8, 4) is 0 Å². The number of hydrogen-bond donors (Lipinski definition) is 1. The Kier molecular flexibility index (Phi) is 4.29. The molecule has 98 valence electrons. The molecule has 1 aromatic carbocycles. The molecule has 0 bridgehead atoms. The maximum atomic E-state index is 12.2. The Bertz CT molecular complexity index is 525. The fourth-order valence-corrected chi connectivity index (χ4v) is 1.94. The summed E-state index contributed by atoms with van der Waals surface area (Å²) in [5.41, 5.74) is 1.89. The number of carbonyl (C=O) groups excluding carboxylic acids is 1. The number of rotatable bonds is 4. The number of nitrogens with one attached hydrogen (secondary N) is 1. The van der Waals surface area contributed by atoms with Crippen LogP contribution < -0.4 is 5.32 Å². The van der Waals surface area contributed by atoms with E-state index in [0.29, 0.717) is 0 Å². The van der Waals surface area contributed by atoms with Crippen LogP contribution in [0, 0.1) is 0 Å². The van der Waals surface area contributed by atoms with Crippen molar-refractivity contribution >= 4 is 5.91 Å². The summed E-state index contributed by atoms with van der Waals surface area (Å²) >= 11 is 0. The van der Waals surface area contributed by atoms with Crippen LogP contribution in [-0.4, -0.2) is 10.9 Å². The predicted molar refractivity (Wildman–Crippen MR) is 75.7 cm³/mol. The fourth-order valence-electron chi connectivity index (χ4n) is 1.94. The van der Waals surface area contributed by atoms with E-state index in [-0.39, 0.29) is 17.9 Å². The van der Waals surface area contributed by atoms with Crippen molar-refractivity contribution in [3.05, 3.63) is 66.0 Å². The van der Waals surface area contributed by atoms with Gasteiger partial charge in [0.1, 0.15) is 0 Å². The molecule has 19 heavy (non-hydrogen) atoms. The molecule has 0 aliphatic heterocycles. The fraction of sp³-hybridized carbons (Fsp3) is 0.250. The minimum absolute atomic E-state index is 0.0179. The number of nitrogens with zero attached hydrogens (tertiary/aromatic N) is 1. The van der Waals surface area contributed by atoms with Crippen LogP contribution in [0.25, 0.3) is 0 Å². The van der Waals surface area contributed by atoms with Gasteiger partial charge in [-0.05, 0) is 31.5 Å². The Balaban J connectivity index is 2.02. The molecule has 3 heteroatoms. The molecule has 0 spiro atoms. The van der Waals surface area contributed by atoms with E-state index in [9.17, 15) is 4.79 Å². The van der Waals surface area contributed by atoms with Crippen molar-refractivity contribution in [2.75, 3.05) is 0 Å². The van der Waals surface area contributed by atoms with Crippen LogP contribution >= 0.6 is 0 Å². The summed E-state index contributed by atoms with van der Waals surface area (Å²) in [6, 6.07) is 15.4. The van der Waals surface area contributed by atoms with Crippen molar-refractivity contribution in [1.29, 1.82) is 0 Å². The quantitative estimate of drug-likeness (QED) is 0.911. The van der Waals surface area contributed by atoms with Gasteiger partial charge in [-0.2, -0.15) is 0 Å². The topological polar surface area (TPSA) is 42.0 Å². The van der Waals surface area contributed by atoms with Crippen molar-refractivity contribution in [1.82, 2.24) is 10.3 Å². The van der Waals surface area contributed by atoms with E-state index in [4.69, 9.17) is 0 Å². The summed E-state index contributed by atoms with van der Waals surface area (Å²) in [6.45, 7) is 3.85. The first-order chi connectivity index (χ1) is 9.18. The van der Waals surface area contributed by atoms with Crippen molar-refractivity contribution in [2.45, 2.75) is 25.8 Å². The summed E-state index contributed by atoms with van der Waals surface area (Å²) in [5, 5.41) is 2.99.